The highest BCUT2D eigenvalue weighted by molar-refractivity contribution is 7.99. The lowest BCUT2D eigenvalue weighted by atomic mass is 9.99. The van der Waals surface area contributed by atoms with Gasteiger partial charge in [0.1, 0.15) is 6.04 Å². The summed E-state index contributed by atoms with van der Waals surface area (Å²) < 4.78 is 6.57. The standard InChI is InChI=1S/C13H21N3O3S/c1-5-9(2)11(12(18)19-4)15-10(17)8-20-13-14-6-7-16(13)3/h6-7,9,11H,5,8H2,1-4H3,(H,15,17). The number of aromatic nitrogens is 2. The number of ether oxygens (including phenoxy) is 1. The molecule has 6 nitrogen and oxygen atoms in total. The molecule has 7 heteroatoms. The maximum atomic E-state index is 11.9. The molecule has 1 aromatic rings. The summed E-state index contributed by atoms with van der Waals surface area (Å²) in [4.78, 5) is 27.7. The van der Waals surface area contributed by atoms with Crippen LogP contribution >= 0.6 is 11.8 Å². The van der Waals surface area contributed by atoms with Crippen molar-refractivity contribution in [2.24, 2.45) is 13.0 Å². The van der Waals surface area contributed by atoms with E-state index in [4.69, 9.17) is 4.74 Å². The normalized spacial score (nSPS) is 13.6. The van der Waals surface area contributed by atoms with Gasteiger partial charge in [-0.15, -0.1) is 0 Å². The summed E-state index contributed by atoms with van der Waals surface area (Å²) in [5, 5.41) is 3.49. The van der Waals surface area contributed by atoms with Gasteiger partial charge in [0.2, 0.25) is 5.91 Å². The number of amides is 1. The van der Waals surface area contributed by atoms with E-state index in [1.54, 1.807) is 6.20 Å². The predicted octanol–water partition coefficient (Wildman–Crippen LogP) is 1.22. The van der Waals surface area contributed by atoms with Crippen molar-refractivity contribution in [3.8, 4) is 0 Å². The van der Waals surface area contributed by atoms with Crippen molar-refractivity contribution in [2.45, 2.75) is 31.5 Å². The van der Waals surface area contributed by atoms with Crippen LogP contribution in [0, 0.1) is 5.92 Å². The molecular weight excluding hydrogens is 278 g/mol. The Bertz CT molecular complexity index is 461. The van der Waals surface area contributed by atoms with Crippen molar-refractivity contribution in [3.05, 3.63) is 12.4 Å². The third-order valence-electron chi connectivity index (χ3n) is 3.09. The van der Waals surface area contributed by atoms with Crippen LogP contribution in [0.25, 0.3) is 0 Å². The molecule has 1 heterocycles. The zero-order valence-electron chi connectivity index (χ0n) is 12.3. The highest BCUT2D eigenvalue weighted by atomic mass is 32.2. The monoisotopic (exact) mass is 299 g/mol. The first-order valence-corrected chi connectivity index (χ1v) is 7.45. The van der Waals surface area contributed by atoms with Gasteiger partial charge in [0.15, 0.2) is 5.16 Å². The van der Waals surface area contributed by atoms with E-state index >= 15 is 0 Å². The number of thioether (sulfide) groups is 1. The molecule has 0 aliphatic heterocycles. The summed E-state index contributed by atoms with van der Waals surface area (Å²) in [7, 11) is 3.19. The topological polar surface area (TPSA) is 73.2 Å². The summed E-state index contributed by atoms with van der Waals surface area (Å²) in [5.74, 6) is -0.359. The van der Waals surface area contributed by atoms with Gasteiger partial charge in [0.25, 0.3) is 0 Å². The first-order chi connectivity index (χ1) is 9.49. The zero-order valence-corrected chi connectivity index (χ0v) is 13.1. The van der Waals surface area contributed by atoms with Crippen molar-refractivity contribution < 1.29 is 14.3 Å². The second-order valence-corrected chi connectivity index (χ2v) is 5.51. The van der Waals surface area contributed by atoms with Crippen molar-refractivity contribution in [2.75, 3.05) is 12.9 Å². The Morgan fingerprint density at radius 2 is 2.25 bits per heavy atom. The van der Waals surface area contributed by atoms with E-state index in [0.717, 1.165) is 11.6 Å². The number of hydrogen-bond donors (Lipinski definition) is 1. The van der Waals surface area contributed by atoms with E-state index in [1.807, 2.05) is 31.7 Å². The van der Waals surface area contributed by atoms with E-state index in [9.17, 15) is 9.59 Å². The van der Waals surface area contributed by atoms with Crippen molar-refractivity contribution in [1.82, 2.24) is 14.9 Å². The molecule has 0 bridgehead atoms. The molecule has 2 unspecified atom stereocenters. The molecule has 1 aromatic heterocycles. The minimum absolute atomic E-state index is 0.0320. The fourth-order valence-electron chi connectivity index (χ4n) is 1.63. The second-order valence-electron chi connectivity index (χ2n) is 4.56. The quantitative estimate of drug-likeness (QED) is 0.605. The number of carbonyl (C=O) groups excluding carboxylic acids is 2. The summed E-state index contributed by atoms with van der Waals surface area (Å²) in [6.07, 6.45) is 4.28. The van der Waals surface area contributed by atoms with Crippen LogP contribution in [-0.4, -0.2) is 40.3 Å². The number of nitrogens with one attached hydrogen (secondary N) is 1. The van der Waals surface area contributed by atoms with Crippen molar-refractivity contribution in [1.29, 1.82) is 0 Å². The number of esters is 1. The van der Waals surface area contributed by atoms with Gasteiger partial charge in [-0.3, -0.25) is 4.79 Å². The van der Waals surface area contributed by atoms with Gasteiger partial charge in [-0.2, -0.15) is 0 Å². The molecule has 0 aromatic carbocycles. The number of nitrogens with zero attached hydrogens (tertiary/aromatic N) is 2. The molecule has 1 rings (SSSR count). The van der Waals surface area contributed by atoms with Gasteiger partial charge in [0.05, 0.1) is 12.9 Å². The molecule has 1 N–H and O–H groups in total. The maximum absolute atomic E-state index is 11.9. The average molecular weight is 299 g/mol. The highest BCUT2D eigenvalue weighted by Crippen LogP contribution is 2.15. The van der Waals surface area contributed by atoms with Gasteiger partial charge >= 0.3 is 5.97 Å². The molecule has 0 saturated heterocycles. The Hall–Kier alpha value is -1.50. The molecule has 0 aliphatic rings. The summed E-state index contributed by atoms with van der Waals surface area (Å²) in [6.45, 7) is 3.88. The third-order valence-corrected chi connectivity index (χ3v) is 4.15. The Morgan fingerprint density at radius 3 is 2.75 bits per heavy atom. The van der Waals surface area contributed by atoms with Crippen LogP contribution < -0.4 is 5.32 Å². The summed E-state index contributed by atoms with van der Waals surface area (Å²) in [6, 6.07) is -0.598. The molecule has 0 spiro atoms. The van der Waals surface area contributed by atoms with Crippen molar-refractivity contribution in [3.63, 3.8) is 0 Å². The van der Waals surface area contributed by atoms with E-state index < -0.39 is 12.0 Å². The molecule has 20 heavy (non-hydrogen) atoms. The largest absolute Gasteiger partial charge is 0.467 e. The van der Waals surface area contributed by atoms with Crippen LogP contribution in [-0.2, 0) is 21.4 Å². The molecule has 0 aliphatic carbocycles. The predicted molar refractivity (Wildman–Crippen MR) is 77.3 cm³/mol. The number of methoxy groups -OCH3 is 1. The average Bonchev–Trinajstić information content (AvgIpc) is 2.86. The third kappa shape index (κ3) is 4.56. The molecule has 0 fully saturated rings. The fourth-order valence-corrected chi connectivity index (χ4v) is 2.38. The lowest BCUT2D eigenvalue weighted by Crippen LogP contribution is -2.46. The van der Waals surface area contributed by atoms with E-state index in [-0.39, 0.29) is 17.6 Å². The molecule has 0 radical (unpaired) electrons. The van der Waals surface area contributed by atoms with E-state index in [1.165, 1.54) is 18.9 Å². The van der Waals surface area contributed by atoms with Crippen LogP contribution in [0.5, 0.6) is 0 Å². The van der Waals surface area contributed by atoms with Gasteiger partial charge in [-0.25, -0.2) is 9.78 Å². The van der Waals surface area contributed by atoms with Gasteiger partial charge in [0, 0.05) is 19.4 Å². The van der Waals surface area contributed by atoms with Gasteiger partial charge in [-0.1, -0.05) is 32.0 Å². The smallest absolute Gasteiger partial charge is 0.328 e. The molecular formula is C13H21N3O3S. The first-order valence-electron chi connectivity index (χ1n) is 6.46. The van der Waals surface area contributed by atoms with Crippen LogP contribution in [0.1, 0.15) is 20.3 Å². The number of imidazole rings is 1. The minimum Gasteiger partial charge on any atom is -0.467 e. The van der Waals surface area contributed by atoms with Crippen LogP contribution in [0.4, 0.5) is 0 Å². The van der Waals surface area contributed by atoms with E-state index in [0.29, 0.717) is 0 Å². The van der Waals surface area contributed by atoms with Crippen molar-refractivity contribution >= 4 is 23.6 Å². The Labute approximate surface area is 123 Å². The van der Waals surface area contributed by atoms with Gasteiger partial charge in [-0.05, 0) is 5.92 Å². The van der Waals surface area contributed by atoms with Gasteiger partial charge < -0.3 is 14.6 Å². The molecule has 112 valence electrons. The Kier molecular flexibility index (Phi) is 6.57. The SMILES string of the molecule is CCC(C)C(NC(=O)CSc1nccn1C)C(=O)OC. The summed E-state index contributed by atoms with van der Waals surface area (Å²) in [5.41, 5.74) is 0. The number of aryl methyl sites for hydroxylation is 1. The molecule has 1 amide bonds. The van der Waals surface area contributed by atoms with Crippen LogP contribution in [0.2, 0.25) is 0 Å². The second kappa shape index (κ2) is 7.94. The lowest BCUT2D eigenvalue weighted by molar-refractivity contribution is -0.146. The summed E-state index contributed by atoms with van der Waals surface area (Å²) >= 11 is 1.33. The first kappa shape index (κ1) is 16.6. The molecule has 2 atom stereocenters. The molecule has 0 saturated carbocycles. The minimum atomic E-state index is -0.598. The number of carbonyl (C=O) groups is 2. The fraction of sp³-hybridized carbons (Fsp3) is 0.615. The van der Waals surface area contributed by atoms with Crippen LogP contribution in [0.3, 0.4) is 0 Å². The number of rotatable bonds is 7. The lowest BCUT2D eigenvalue weighted by Gasteiger charge is -2.21. The Morgan fingerprint density at radius 1 is 1.55 bits per heavy atom. The maximum Gasteiger partial charge on any atom is 0.328 e. The van der Waals surface area contributed by atoms with E-state index in [2.05, 4.69) is 10.3 Å². The number of hydrogen-bond acceptors (Lipinski definition) is 5. The zero-order chi connectivity index (χ0) is 15.1. The Balaban J connectivity index is 2.54. The highest BCUT2D eigenvalue weighted by Gasteiger charge is 2.26. The van der Waals surface area contributed by atoms with Crippen LogP contribution in [0.15, 0.2) is 17.6 Å².